The van der Waals surface area contributed by atoms with E-state index in [-0.39, 0.29) is 17.0 Å². The molecule has 1 aromatic carbocycles. The van der Waals surface area contributed by atoms with Gasteiger partial charge in [0.15, 0.2) is 5.78 Å². The molecule has 2 rings (SSSR count). The summed E-state index contributed by atoms with van der Waals surface area (Å²) in [6.45, 7) is 1.92. The Morgan fingerprint density at radius 1 is 1.35 bits per heavy atom. The lowest BCUT2D eigenvalue weighted by Gasteiger charge is -2.08. The van der Waals surface area contributed by atoms with Gasteiger partial charge < -0.3 is 9.72 Å². The molecule has 20 heavy (non-hydrogen) atoms. The second-order valence-electron chi connectivity index (χ2n) is 4.57. The summed E-state index contributed by atoms with van der Waals surface area (Å²) in [5, 5.41) is 1.01. The van der Waals surface area contributed by atoms with Crippen LogP contribution in [0.4, 0.5) is 0 Å². The molecule has 4 nitrogen and oxygen atoms in total. The number of hydrogen-bond donors (Lipinski definition) is 1. The van der Waals surface area contributed by atoms with Crippen molar-refractivity contribution in [3.63, 3.8) is 0 Å². The quantitative estimate of drug-likeness (QED) is 0.656. The van der Waals surface area contributed by atoms with Crippen molar-refractivity contribution in [3.8, 4) is 0 Å². The minimum Gasteiger partial charge on any atom is -0.469 e. The topological polar surface area (TPSA) is 59.2 Å². The van der Waals surface area contributed by atoms with Crippen LogP contribution in [0.2, 0.25) is 0 Å². The second kappa shape index (κ2) is 6.61. The fraction of sp³-hybridized carbons (Fsp3) is 0.333. The first-order valence-corrected chi connectivity index (χ1v) is 7.44. The molecule has 1 unspecified atom stereocenters. The molecule has 0 saturated heterocycles. The number of thioether (sulfide) groups is 1. The van der Waals surface area contributed by atoms with E-state index in [2.05, 4.69) is 9.72 Å². The lowest BCUT2D eigenvalue weighted by atomic mass is 10.1. The van der Waals surface area contributed by atoms with E-state index >= 15 is 0 Å². The summed E-state index contributed by atoms with van der Waals surface area (Å²) in [7, 11) is 1.37. The lowest BCUT2D eigenvalue weighted by molar-refractivity contribution is -0.140. The summed E-state index contributed by atoms with van der Waals surface area (Å²) in [5.41, 5.74) is 1.67. The maximum Gasteiger partial charge on any atom is 0.306 e. The molecule has 0 radical (unpaired) electrons. The van der Waals surface area contributed by atoms with Crippen molar-refractivity contribution >= 4 is 34.4 Å². The van der Waals surface area contributed by atoms with Gasteiger partial charge >= 0.3 is 5.97 Å². The molecular formula is C15H17NO3S. The van der Waals surface area contributed by atoms with E-state index in [0.717, 1.165) is 10.9 Å². The van der Waals surface area contributed by atoms with E-state index in [0.29, 0.717) is 17.7 Å². The first-order valence-electron chi connectivity index (χ1n) is 6.39. The highest BCUT2D eigenvalue weighted by Gasteiger charge is 2.15. The number of hydrogen-bond acceptors (Lipinski definition) is 4. The maximum atomic E-state index is 12.2. The Labute approximate surface area is 121 Å². The first-order chi connectivity index (χ1) is 9.61. The van der Waals surface area contributed by atoms with Gasteiger partial charge in [-0.2, -0.15) is 0 Å². The van der Waals surface area contributed by atoms with Crippen LogP contribution in [0, 0.1) is 0 Å². The van der Waals surface area contributed by atoms with Gasteiger partial charge in [0, 0.05) is 27.9 Å². The van der Waals surface area contributed by atoms with Crippen molar-refractivity contribution in [2.75, 3.05) is 12.9 Å². The Hall–Kier alpha value is -1.75. The van der Waals surface area contributed by atoms with Gasteiger partial charge in [-0.05, 0) is 6.07 Å². The number of aromatic nitrogens is 1. The van der Waals surface area contributed by atoms with Gasteiger partial charge in [0.2, 0.25) is 0 Å². The number of nitrogens with one attached hydrogen (secondary N) is 1. The summed E-state index contributed by atoms with van der Waals surface area (Å²) in [5.74, 6) is 0.189. The summed E-state index contributed by atoms with van der Waals surface area (Å²) in [4.78, 5) is 26.5. The molecule has 1 N–H and O–H groups in total. The third kappa shape index (κ3) is 3.42. The molecule has 5 heteroatoms. The van der Waals surface area contributed by atoms with Gasteiger partial charge in [0.05, 0.1) is 19.3 Å². The Morgan fingerprint density at radius 3 is 2.85 bits per heavy atom. The van der Waals surface area contributed by atoms with Crippen LogP contribution in [0.5, 0.6) is 0 Å². The molecule has 2 aromatic rings. The van der Waals surface area contributed by atoms with E-state index in [1.54, 1.807) is 6.20 Å². The summed E-state index contributed by atoms with van der Waals surface area (Å²) >= 11 is 1.47. The predicted octanol–water partition coefficient (Wildman–Crippen LogP) is 3.04. The average Bonchev–Trinajstić information content (AvgIpc) is 2.88. The lowest BCUT2D eigenvalue weighted by Crippen LogP contribution is -2.11. The van der Waals surface area contributed by atoms with Gasteiger partial charge in [-0.1, -0.05) is 25.1 Å². The van der Waals surface area contributed by atoms with Crippen molar-refractivity contribution in [3.05, 3.63) is 36.0 Å². The van der Waals surface area contributed by atoms with Gasteiger partial charge in [0.1, 0.15) is 0 Å². The highest BCUT2D eigenvalue weighted by Crippen LogP contribution is 2.21. The van der Waals surface area contributed by atoms with Crippen LogP contribution in [-0.2, 0) is 9.53 Å². The standard InChI is InChI=1S/C15H17NO3S/c1-10(7-15(18)19-2)20-9-14(17)12-8-16-13-6-4-3-5-11(12)13/h3-6,8,10,16H,7,9H2,1-2H3. The molecule has 0 spiro atoms. The van der Waals surface area contributed by atoms with Crippen molar-refractivity contribution in [1.29, 1.82) is 0 Å². The number of carbonyl (C=O) groups excluding carboxylic acids is 2. The van der Waals surface area contributed by atoms with Gasteiger partial charge in [0.25, 0.3) is 0 Å². The minimum atomic E-state index is -0.246. The molecule has 0 amide bonds. The van der Waals surface area contributed by atoms with Crippen LogP contribution in [-0.4, -0.2) is 34.8 Å². The zero-order chi connectivity index (χ0) is 14.5. The molecule has 0 aliphatic rings. The number of esters is 1. The number of H-pyrrole nitrogens is 1. The third-order valence-electron chi connectivity index (χ3n) is 3.07. The van der Waals surface area contributed by atoms with E-state index in [4.69, 9.17) is 0 Å². The van der Waals surface area contributed by atoms with Crippen LogP contribution in [0.1, 0.15) is 23.7 Å². The number of carbonyl (C=O) groups is 2. The molecule has 1 atom stereocenters. The van der Waals surface area contributed by atoms with Crippen molar-refractivity contribution in [2.24, 2.45) is 0 Å². The third-order valence-corrected chi connectivity index (χ3v) is 4.23. The average molecular weight is 291 g/mol. The molecule has 0 bridgehead atoms. The second-order valence-corrected chi connectivity index (χ2v) is 6.00. The summed E-state index contributed by atoms with van der Waals surface area (Å²) in [6.07, 6.45) is 2.07. The van der Waals surface area contributed by atoms with Crippen LogP contribution in [0.15, 0.2) is 30.5 Å². The number of rotatable bonds is 6. The SMILES string of the molecule is COC(=O)CC(C)SCC(=O)c1c[nH]c2ccccc12. The van der Waals surface area contributed by atoms with Crippen LogP contribution in [0.3, 0.4) is 0 Å². The van der Waals surface area contributed by atoms with E-state index in [9.17, 15) is 9.59 Å². The van der Waals surface area contributed by atoms with Gasteiger partial charge in [-0.3, -0.25) is 9.59 Å². The maximum absolute atomic E-state index is 12.2. The predicted molar refractivity (Wildman–Crippen MR) is 81.2 cm³/mol. The Morgan fingerprint density at radius 2 is 2.10 bits per heavy atom. The molecule has 0 fully saturated rings. The molecule has 1 heterocycles. The molecule has 0 saturated carbocycles. The number of fused-ring (bicyclic) bond motifs is 1. The number of ether oxygens (including phenoxy) is 1. The zero-order valence-electron chi connectivity index (χ0n) is 11.5. The summed E-state index contributed by atoms with van der Waals surface area (Å²) < 4.78 is 4.62. The van der Waals surface area contributed by atoms with Gasteiger partial charge in [-0.15, -0.1) is 11.8 Å². The zero-order valence-corrected chi connectivity index (χ0v) is 12.3. The number of para-hydroxylation sites is 1. The highest BCUT2D eigenvalue weighted by molar-refractivity contribution is 8.00. The fourth-order valence-corrected chi connectivity index (χ4v) is 2.82. The molecular weight excluding hydrogens is 274 g/mol. The minimum absolute atomic E-state index is 0.0663. The number of Topliss-reactive ketones (excluding diaryl/α,β-unsaturated/α-hetero) is 1. The van der Waals surface area contributed by atoms with E-state index < -0.39 is 0 Å². The smallest absolute Gasteiger partial charge is 0.306 e. The number of ketones is 1. The Bertz CT molecular complexity index is 620. The van der Waals surface area contributed by atoms with Crippen molar-refractivity contribution in [1.82, 2.24) is 4.98 Å². The first kappa shape index (κ1) is 14.7. The van der Waals surface area contributed by atoms with Crippen LogP contribution in [0.25, 0.3) is 10.9 Å². The molecule has 1 aromatic heterocycles. The fourth-order valence-electron chi connectivity index (χ4n) is 1.97. The Kier molecular flexibility index (Phi) is 4.84. The largest absolute Gasteiger partial charge is 0.469 e. The van der Waals surface area contributed by atoms with Crippen LogP contribution >= 0.6 is 11.8 Å². The van der Waals surface area contributed by atoms with Crippen molar-refractivity contribution < 1.29 is 14.3 Å². The molecule has 0 aliphatic heterocycles. The normalized spacial score (nSPS) is 12.3. The number of aromatic amines is 1. The Balaban J connectivity index is 1.97. The van der Waals surface area contributed by atoms with Crippen LogP contribution < -0.4 is 0 Å². The summed E-state index contributed by atoms with van der Waals surface area (Å²) in [6, 6.07) is 7.72. The van der Waals surface area contributed by atoms with E-state index in [1.807, 2.05) is 31.2 Å². The molecule has 106 valence electrons. The van der Waals surface area contributed by atoms with Crippen molar-refractivity contribution in [2.45, 2.75) is 18.6 Å². The highest BCUT2D eigenvalue weighted by atomic mass is 32.2. The number of methoxy groups -OCH3 is 1. The number of benzene rings is 1. The monoisotopic (exact) mass is 291 g/mol. The van der Waals surface area contributed by atoms with E-state index in [1.165, 1.54) is 18.9 Å². The van der Waals surface area contributed by atoms with Gasteiger partial charge in [-0.25, -0.2) is 0 Å². The molecule has 0 aliphatic carbocycles.